The standard InChI is InChI=1S/C15H26N2O8/c1-4-24-12(19)8-10(15(21)25-5-2)13(14(16)20)17-11(18)9-23-7-6-22-3/h10,13H,4-9H2,1-3H3,(H2,16,20)(H,17,18)/t10-,13+/m1/s1. The molecule has 0 spiro atoms. The van der Waals surface area contributed by atoms with Crippen molar-refractivity contribution in [1.29, 1.82) is 0 Å². The second-order valence-electron chi connectivity index (χ2n) is 4.86. The van der Waals surface area contributed by atoms with Crippen LogP contribution in [0.4, 0.5) is 0 Å². The molecule has 0 aliphatic rings. The maximum atomic E-state index is 12.1. The van der Waals surface area contributed by atoms with Crippen LogP contribution in [0.15, 0.2) is 0 Å². The van der Waals surface area contributed by atoms with Gasteiger partial charge in [0.05, 0.1) is 38.8 Å². The van der Waals surface area contributed by atoms with E-state index in [-0.39, 0.29) is 26.4 Å². The van der Waals surface area contributed by atoms with E-state index in [0.29, 0.717) is 6.61 Å². The number of amides is 2. The molecule has 0 bridgehead atoms. The van der Waals surface area contributed by atoms with E-state index >= 15 is 0 Å². The van der Waals surface area contributed by atoms with Gasteiger partial charge < -0.3 is 30.0 Å². The first-order valence-corrected chi connectivity index (χ1v) is 7.84. The molecule has 2 atom stereocenters. The molecule has 3 N–H and O–H groups in total. The minimum absolute atomic E-state index is 0.0394. The summed E-state index contributed by atoms with van der Waals surface area (Å²) >= 11 is 0. The van der Waals surface area contributed by atoms with Crippen molar-refractivity contribution in [2.45, 2.75) is 26.3 Å². The van der Waals surface area contributed by atoms with Crippen LogP contribution in [0.25, 0.3) is 0 Å². The molecule has 0 heterocycles. The Morgan fingerprint density at radius 3 is 2.20 bits per heavy atom. The highest BCUT2D eigenvalue weighted by Crippen LogP contribution is 2.13. The number of nitrogens with two attached hydrogens (primary N) is 1. The number of primary amides is 1. The average molecular weight is 362 g/mol. The van der Waals surface area contributed by atoms with Crippen molar-refractivity contribution in [3.63, 3.8) is 0 Å². The Hall–Kier alpha value is -2.20. The molecule has 0 aromatic rings. The number of nitrogens with one attached hydrogen (secondary N) is 1. The maximum absolute atomic E-state index is 12.1. The fourth-order valence-corrected chi connectivity index (χ4v) is 1.88. The number of ether oxygens (including phenoxy) is 4. The van der Waals surface area contributed by atoms with Crippen LogP contribution in [-0.4, -0.2) is 69.9 Å². The molecule has 25 heavy (non-hydrogen) atoms. The van der Waals surface area contributed by atoms with Crippen molar-refractivity contribution in [1.82, 2.24) is 5.32 Å². The monoisotopic (exact) mass is 362 g/mol. The number of rotatable bonds is 13. The molecule has 0 fully saturated rings. The molecule has 0 radical (unpaired) electrons. The van der Waals surface area contributed by atoms with Crippen molar-refractivity contribution >= 4 is 23.8 Å². The van der Waals surface area contributed by atoms with E-state index in [9.17, 15) is 19.2 Å². The first-order chi connectivity index (χ1) is 11.9. The van der Waals surface area contributed by atoms with Gasteiger partial charge >= 0.3 is 11.9 Å². The zero-order chi connectivity index (χ0) is 19.2. The van der Waals surface area contributed by atoms with E-state index in [1.54, 1.807) is 13.8 Å². The molecule has 0 aromatic heterocycles. The molecule has 0 aliphatic heterocycles. The first-order valence-electron chi connectivity index (χ1n) is 7.84. The highest BCUT2D eigenvalue weighted by molar-refractivity contribution is 5.93. The van der Waals surface area contributed by atoms with Gasteiger partial charge in [-0.3, -0.25) is 19.2 Å². The number of carbonyl (C=O) groups is 4. The van der Waals surface area contributed by atoms with Crippen molar-refractivity contribution in [2.75, 3.05) is 40.1 Å². The van der Waals surface area contributed by atoms with E-state index < -0.39 is 42.1 Å². The first kappa shape index (κ1) is 22.8. The van der Waals surface area contributed by atoms with Crippen molar-refractivity contribution in [2.24, 2.45) is 11.7 Å². The summed E-state index contributed by atoms with van der Waals surface area (Å²) in [5.74, 6) is -4.48. The van der Waals surface area contributed by atoms with Gasteiger partial charge in [0.1, 0.15) is 12.6 Å². The predicted octanol–water partition coefficient (Wildman–Crippen LogP) is -1.25. The van der Waals surface area contributed by atoms with Crippen molar-refractivity contribution in [3.8, 4) is 0 Å². The Labute approximate surface area is 146 Å². The van der Waals surface area contributed by atoms with Gasteiger partial charge in [-0.2, -0.15) is 0 Å². The fraction of sp³-hybridized carbons (Fsp3) is 0.733. The Morgan fingerprint density at radius 2 is 1.68 bits per heavy atom. The summed E-state index contributed by atoms with van der Waals surface area (Å²) in [6, 6.07) is -1.43. The number of hydrogen-bond acceptors (Lipinski definition) is 8. The molecule has 0 saturated heterocycles. The Morgan fingerprint density at radius 1 is 1.04 bits per heavy atom. The molecule has 144 valence electrons. The molecular formula is C15H26N2O8. The SMILES string of the molecule is CCOC(=O)C[C@@H](C(=O)OCC)[C@H](NC(=O)COCCOC)C(N)=O. The Balaban J connectivity index is 5.00. The molecule has 0 aliphatic carbocycles. The topological polar surface area (TPSA) is 143 Å². The van der Waals surface area contributed by atoms with Gasteiger partial charge in [0.2, 0.25) is 11.8 Å². The Kier molecular flexibility index (Phi) is 12.0. The second-order valence-corrected chi connectivity index (χ2v) is 4.86. The van der Waals surface area contributed by atoms with Crippen molar-refractivity contribution in [3.05, 3.63) is 0 Å². The maximum Gasteiger partial charge on any atom is 0.312 e. The van der Waals surface area contributed by atoms with Crippen LogP contribution in [0.2, 0.25) is 0 Å². The molecule has 0 aromatic carbocycles. The molecule has 0 rings (SSSR count). The lowest BCUT2D eigenvalue weighted by Crippen LogP contribution is -2.53. The van der Waals surface area contributed by atoms with E-state index in [1.807, 2.05) is 0 Å². The van der Waals surface area contributed by atoms with E-state index in [0.717, 1.165) is 0 Å². The van der Waals surface area contributed by atoms with Gasteiger partial charge in [-0.05, 0) is 13.8 Å². The van der Waals surface area contributed by atoms with Crippen LogP contribution in [0, 0.1) is 5.92 Å². The summed E-state index contributed by atoms with van der Waals surface area (Å²) < 4.78 is 19.4. The third kappa shape index (κ3) is 9.62. The lowest BCUT2D eigenvalue weighted by Gasteiger charge is -2.23. The summed E-state index contributed by atoms with van der Waals surface area (Å²) in [4.78, 5) is 47.3. The predicted molar refractivity (Wildman–Crippen MR) is 85.2 cm³/mol. The number of methoxy groups -OCH3 is 1. The normalized spacial score (nSPS) is 12.8. The molecule has 0 unspecified atom stereocenters. The molecule has 0 saturated carbocycles. The summed E-state index contributed by atoms with van der Waals surface area (Å²) in [7, 11) is 1.48. The third-order valence-electron chi connectivity index (χ3n) is 2.97. The highest BCUT2D eigenvalue weighted by Gasteiger charge is 2.37. The summed E-state index contributed by atoms with van der Waals surface area (Å²) in [5, 5.41) is 2.29. The largest absolute Gasteiger partial charge is 0.466 e. The molecule has 2 amide bonds. The summed E-state index contributed by atoms with van der Waals surface area (Å²) in [6.07, 6.45) is -0.453. The van der Waals surface area contributed by atoms with Crippen LogP contribution in [0.5, 0.6) is 0 Å². The number of esters is 2. The van der Waals surface area contributed by atoms with Gasteiger partial charge in [-0.25, -0.2) is 0 Å². The van der Waals surface area contributed by atoms with Crippen LogP contribution in [0.1, 0.15) is 20.3 Å². The van der Waals surface area contributed by atoms with E-state index in [2.05, 4.69) is 5.32 Å². The minimum Gasteiger partial charge on any atom is -0.466 e. The zero-order valence-electron chi connectivity index (χ0n) is 14.7. The van der Waals surface area contributed by atoms with Gasteiger partial charge in [0, 0.05) is 7.11 Å². The minimum atomic E-state index is -1.43. The van der Waals surface area contributed by atoms with E-state index in [1.165, 1.54) is 7.11 Å². The molecular weight excluding hydrogens is 336 g/mol. The van der Waals surface area contributed by atoms with Crippen LogP contribution >= 0.6 is 0 Å². The smallest absolute Gasteiger partial charge is 0.312 e. The highest BCUT2D eigenvalue weighted by atomic mass is 16.5. The number of hydrogen-bond donors (Lipinski definition) is 2. The van der Waals surface area contributed by atoms with Gasteiger partial charge in [0.15, 0.2) is 0 Å². The third-order valence-corrected chi connectivity index (χ3v) is 2.97. The van der Waals surface area contributed by atoms with Crippen molar-refractivity contribution < 1.29 is 38.1 Å². The lowest BCUT2D eigenvalue weighted by molar-refractivity contribution is -0.157. The van der Waals surface area contributed by atoms with Gasteiger partial charge in [-0.1, -0.05) is 0 Å². The fourth-order valence-electron chi connectivity index (χ4n) is 1.88. The van der Waals surface area contributed by atoms with Crippen LogP contribution in [0.3, 0.4) is 0 Å². The van der Waals surface area contributed by atoms with Gasteiger partial charge in [0.25, 0.3) is 0 Å². The van der Waals surface area contributed by atoms with Crippen LogP contribution < -0.4 is 11.1 Å². The second kappa shape index (κ2) is 13.1. The zero-order valence-corrected chi connectivity index (χ0v) is 14.7. The quantitative estimate of drug-likeness (QED) is 0.306. The van der Waals surface area contributed by atoms with Crippen LogP contribution in [-0.2, 0) is 38.1 Å². The average Bonchev–Trinajstić information content (AvgIpc) is 2.55. The summed E-state index contributed by atoms with van der Waals surface area (Å²) in [5.41, 5.74) is 5.27. The molecule has 10 heteroatoms. The number of carbonyl (C=O) groups excluding carboxylic acids is 4. The lowest BCUT2D eigenvalue weighted by atomic mass is 9.95. The molecule has 10 nitrogen and oxygen atoms in total. The van der Waals surface area contributed by atoms with Gasteiger partial charge in [-0.15, -0.1) is 0 Å². The Bertz CT molecular complexity index is 455. The van der Waals surface area contributed by atoms with E-state index in [4.69, 9.17) is 24.7 Å². The summed E-state index contributed by atoms with van der Waals surface area (Å²) in [6.45, 7) is 3.42.